The first kappa shape index (κ1) is 17.8. The van der Waals surface area contributed by atoms with Gasteiger partial charge in [0.2, 0.25) is 0 Å². The van der Waals surface area contributed by atoms with Gasteiger partial charge in [0.15, 0.2) is 16.8 Å². The third-order valence-corrected chi connectivity index (χ3v) is 5.30. The highest BCUT2D eigenvalue weighted by molar-refractivity contribution is 7.98. The number of aryl methyl sites for hydroxylation is 1. The maximum atomic E-state index is 5.95. The second-order valence-corrected chi connectivity index (χ2v) is 7.42. The summed E-state index contributed by atoms with van der Waals surface area (Å²) in [4.78, 5) is 4.46. The molecule has 0 atom stereocenters. The van der Waals surface area contributed by atoms with Gasteiger partial charge in [0.1, 0.15) is 0 Å². The smallest absolute Gasteiger partial charge is 0.257 e. The quantitative estimate of drug-likeness (QED) is 0.451. The molecular formula is C19H16ClN5OS. The van der Waals surface area contributed by atoms with Crippen molar-refractivity contribution in [3.05, 3.63) is 64.9 Å². The highest BCUT2D eigenvalue weighted by Crippen LogP contribution is 2.26. The molecule has 0 spiro atoms. The van der Waals surface area contributed by atoms with Crippen molar-refractivity contribution < 1.29 is 4.52 Å². The molecule has 4 aromatic rings. The second-order valence-electron chi connectivity index (χ2n) is 6.04. The molecular weight excluding hydrogens is 382 g/mol. The van der Waals surface area contributed by atoms with Gasteiger partial charge in [0.25, 0.3) is 5.89 Å². The molecule has 0 aliphatic carbocycles. The van der Waals surface area contributed by atoms with E-state index in [9.17, 15) is 0 Å². The van der Waals surface area contributed by atoms with E-state index in [1.807, 2.05) is 67.1 Å². The van der Waals surface area contributed by atoms with Gasteiger partial charge in [0.05, 0.1) is 5.75 Å². The second kappa shape index (κ2) is 7.54. The molecule has 0 saturated heterocycles. The summed E-state index contributed by atoms with van der Waals surface area (Å²) in [5.74, 6) is 2.46. The molecule has 27 heavy (non-hydrogen) atoms. The Labute approximate surface area is 165 Å². The summed E-state index contributed by atoms with van der Waals surface area (Å²) in [5.41, 5.74) is 3.06. The number of benzene rings is 2. The molecule has 0 amide bonds. The van der Waals surface area contributed by atoms with Crippen LogP contribution < -0.4 is 0 Å². The molecule has 2 heterocycles. The summed E-state index contributed by atoms with van der Waals surface area (Å²) < 4.78 is 7.30. The monoisotopic (exact) mass is 397 g/mol. The number of hydrogen-bond donors (Lipinski definition) is 0. The van der Waals surface area contributed by atoms with Gasteiger partial charge in [0, 0.05) is 23.2 Å². The maximum absolute atomic E-state index is 5.95. The fourth-order valence-electron chi connectivity index (χ4n) is 2.55. The average molecular weight is 398 g/mol. The number of nitrogens with zero attached hydrogens (tertiary/aromatic N) is 5. The predicted molar refractivity (Wildman–Crippen MR) is 105 cm³/mol. The first-order valence-corrected chi connectivity index (χ1v) is 9.64. The lowest BCUT2D eigenvalue weighted by molar-refractivity contribution is 0.425. The van der Waals surface area contributed by atoms with E-state index in [1.54, 1.807) is 0 Å². The number of thioether (sulfide) groups is 1. The normalized spacial score (nSPS) is 11.1. The summed E-state index contributed by atoms with van der Waals surface area (Å²) in [5, 5.41) is 14.1. The van der Waals surface area contributed by atoms with E-state index in [0.29, 0.717) is 22.5 Å². The zero-order valence-electron chi connectivity index (χ0n) is 14.8. The van der Waals surface area contributed by atoms with E-state index in [0.717, 1.165) is 22.1 Å². The van der Waals surface area contributed by atoms with Gasteiger partial charge >= 0.3 is 0 Å². The molecule has 2 aromatic heterocycles. The molecule has 0 bridgehead atoms. The van der Waals surface area contributed by atoms with E-state index in [2.05, 4.69) is 20.3 Å². The highest BCUT2D eigenvalue weighted by Gasteiger charge is 2.14. The zero-order chi connectivity index (χ0) is 18.8. The minimum atomic E-state index is 0.519. The fraction of sp³-hybridized carbons (Fsp3) is 0.158. The molecule has 8 heteroatoms. The molecule has 4 rings (SSSR count). The van der Waals surface area contributed by atoms with Gasteiger partial charge < -0.3 is 9.09 Å². The Morgan fingerprint density at radius 2 is 1.70 bits per heavy atom. The van der Waals surface area contributed by atoms with E-state index >= 15 is 0 Å². The van der Waals surface area contributed by atoms with E-state index < -0.39 is 0 Å². The van der Waals surface area contributed by atoms with Crippen molar-refractivity contribution >= 4 is 23.4 Å². The largest absolute Gasteiger partial charge is 0.334 e. The van der Waals surface area contributed by atoms with Crippen LogP contribution in [0.4, 0.5) is 0 Å². The van der Waals surface area contributed by atoms with Crippen LogP contribution >= 0.6 is 23.4 Å². The molecule has 0 aliphatic rings. The molecule has 136 valence electrons. The third kappa shape index (κ3) is 3.89. The van der Waals surface area contributed by atoms with Crippen molar-refractivity contribution in [2.45, 2.75) is 17.8 Å². The molecule has 0 radical (unpaired) electrons. The zero-order valence-corrected chi connectivity index (χ0v) is 16.3. The van der Waals surface area contributed by atoms with Crippen LogP contribution in [0.3, 0.4) is 0 Å². The minimum Gasteiger partial charge on any atom is -0.334 e. The van der Waals surface area contributed by atoms with Gasteiger partial charge in [-0.25, -0.2) is 0 Å². The van der Waals surface area contributed by atoms with Crippen LogP contribution in [0, 0.1) is 6.92 Å². The highest BCUT2D eigenvalue weighted by atomic mass is 35.5. The average Bonchev–Trinajstić information content (AvgIpc) is 3.28. The Bertz CT molecular complexity index is 1060. The molecule has 0 aliphatic heterocycles. The van der Waals surface area contributed by atoms with Gasteiger partial charge in [-0.15, -0.1) is 10.2 Å². The summed E-state index contributed by atoms with van der Waals surface area (Å²) in [7, 11) is 1.93. The predicted octanol–water partition coefficient (Wildman–Crippen LogP) is 4.79. The first-order valence-electron chi connectivity index (χ1n) is 8.28. The van der Waals surface area contributed by atoms with Crippen LogP contribution in [-0.4, -0.2) is 24.9 Å². The van der Waals surface area contributed by atoms with E-state index in [4.69, 9.17) is 16.1 Å². The fourth-order valence-corrected chi connectivity index (χ4v) is 3.43. The Hall–Kier alpha value is -2.64. The van der Waals surface area contributed by atoms with Gasteiger partial charge in [-0.2, -0.15) is 4.98 Å². The summed E-state index contributed by atoms with van der Waals surface area (Å²) in [6.07, 6.45) is 0. The SMILES string of the molecule is Cc1ccc(-c2nc(CSc3nnc(-c4ccc(Cl)cc4)n3C)no2)cc1. The Morgan fingerprint density at radius 3 is 2.44 bits per heavy atom. The van der Waals surface area contributed by atoms with Crippen LogP contribution in [0.5, 0.6) is 0 Å². The lowest BCUT2D eigenvalue weighted by Gasteiger charge is -2.03. The Morgan fingerprint density at radius 1 is 1.00 bits per heavy atom. The van der Waals surface area contributed by atoms with Crippen molar-refractivity contribution in [2.24, 2.45) is 7.05 Å². The lowest BCUT2D eigenvalue weighted by Crippen LogP contribution is -1.95. The van der Waals surface area contributed by atoms with Crippen LogP contribution in [0.1, 0.15) is 11.4 Å². The van der Waals surface area contributed by atoms with E-state index in [-0.39, 0.29) is 0 Å². The topological polar surface area (TPSA) is 69.6 Å². The van der Waals surface area contributed by atoms with Crippen molar-refractivity contribution in [2.75, 3.05) is 0 Å². The van der Waals surface area contributed by atoms with Crippen molar-refractivity contribution in [1.29, 1.82) is 0 Å². The van der Waals surface area contributed by atoms with Crippen LogP contribution in [0.25, 0.3) is 22.8 Å². The first-order chi connectivity index (χ1) is 13.1. The molecule has 0 fully saturated rings. The van der Waals surface area contributed by atoms with Crippen molar-refractivity contribution in [3.8, 4) is 22.8 Å². The van der Waals surface area contributed by atoms with Crippen molar-refractivity contribution in [1.82, 2.24) is 24.9 Å². The molecule has 0 N–H and O–H groups in total. The number of hydrogen-bond acceptors (Lipinski definition) is 6. The summed E-state index contributed by atoms with van der Waals surface area (Å²) in [6, 6.07) is 15.5. The number of halogens is 1. The standard InChI is InChI=1S/C19H16ClN5OS/c1-12-3-5-14(6-4-12)18-21-16(24-26-18)11-27-19-23-22-17(25(19)2)13-7-9-15(20)10-8-13/h3-10H,11H2,1-2H3. The molecule has 6 nitrogen and oxygen atoms in total. The number of rotatable bonds is 5. The van der Waals surface area contributed by atoms with Gasteiger partial charge in [-0.1, -0.05) is 46.2 Å². The summed E-state index contributed by atoms with van der Waals surface area (Å²) in [6.45, 7) is 2.04. The Kier molecular flexibility index (Phi) is 4.96. The summed E-state index contributed by atoms with van der Waals surface area (Å²) >= 11 is 7.45. The molecule has 2 aromatic carbocycles. The minimum absolute atomic E-state index is 0.519. The van der Waals surface area contributed by atoms with Crippen LogP contribution in [0.15, 0.2) is 58.2 Å². The van der Waals surface area contributed by atoms with Crippen LogP contribution in [-0.2, 0) is 12.8 Å². The Balaban J connectivity index is 1.46. The number of aromatic nitrogens is 5. The van der Waals surface area contributed by atoms with E-state index in [1.165, 1.54) is 17.3 Å². The van der Waals surface area contributed by atoms with Crippen LogP contribution in [0.2, 0.25) is 5.02 Å². The molecule has 0 saturated carbocycles. The van der Waals surface area contributed by atoms with Gasteiger partial charge in [-0.3, -0.25) is 0 Å². The third-order valence-electron chi connectivity index (χ3n) is 4.03. The lowest BCUT2D eigenvalue weighted by atomic mass is 10.1. The van der Waals surface area contributed by atoms with Crippen molar-refractivity contribution in [3.63, 3.8) is 0 Å². The molecule has 0 unspecified atom stereocenters. The van der Waals surface area contributed by atoms with Gasteiger partial charge in [-0.05, 0) is 43.3 Å². The maximum Gasteiger partial charge on any atom is 0.257 e.